The maximum Gasteiger partial charge on any atom is 0.311 e. The van der Waals surface area contributed by atoms with Crippen molar-refractivity contribution in [3.8, 4) is 16.9 Å². The van der Waals surface area contributed by atoms with Crippen LogP contribution in [0.3, 0.4) is 0 Å². The number of carbonyl (C=O) groups is 1. The average Bonchev–Trinajstić information content (AvgIpc) is 3.15. The number of aromatic nitrogens is 1. The van der Waals surface area contributed by atoms with Crippen molar-refractivity contribution in [1.82, 2.24) is 4.98 Å². The maximum atomic E-state index is 13.9. The fourth-order valence-corrected chi connectivity index (χ4v) is 3.23. The molecule has 29 heavy (non-hydrogen) atoms. The van der Waals surface area contributed by atoms with Gasteiger partial charge in [-0.25, -0.2) is 9.37 Å². The molecule has 150 valence electrons. The molecule has 1 heterocycles. The van der Waals surface area contributed by atoms with Crippen LogP contribution in [-0.2, 0) is 16.0 Å². The van der Waals surface area contributed by atoms with Crippen LogP contribution in [0.4, 0.5) is 9.52 Å². The third kappa shape index (κ3) is 5.61. The summed E-state index contributed by atoms with van der Waals surface area (Å²) in [5.74, 6) is -0.480. The van der Waals surface area contributed by atoms with Crippen molar-refractivity contribution in [3.63, 3.8) is 0 Å². The molecule has 0 aliphatic carbocycles. The minimum absolute atomic E-state index is 0.142. The molecule has 6 nitrogen and oxygen atoms in total. The highest BCUT2D eigenvalue weighted by Gasteiger charge is 2.08. The molecule has 0 saturated carbocycles. The Morgan fingerprint density at radius 2 is 2.00 bits per heavy atom. The number of halogens is 1. The Morgan fingerprint density at radius 1 is 1.24 bits per heavy atom. The number of ether oxygens (including phenoxy) is 2. The van der Waals surface area contributed by atoms with Gasteiger partial charge in [-0.1, -0.05) is 30.3 Å². The van der Waals surface area contributed by atoms with Gasteiger partial charge in [0.25, 0.3) is 0 Å². The van der Waals surface area contributed by atoms with Crippen molar-refractivity contribution >= 4 is 28.7 Å². The first-order valence-corrected chi connectivity index (χ1v) is 9.80. The van der Waals surface area contributed by atoms with Gasteiger partial charge >= 0.3 is 5.97 Å². The van der Waals surface area contributed by atoms with Crippen LogP contribution in [-0.4, -0.2) is 30.9 Å². The van der Waals surface area contributed by atoms with Crippen molar-refractivity contribution < 1.29 is 18.7 Å². The van der Waals surface area contributed by atoms with Gasteiger partial charge in [0, 0.05) is 5.38 Å². The zero-order chi connectivity index (χ0) is 20.6. The van der Waals surface area contributed by atoms with E-state index < -0.39 is 5.82 Å². The van der Waals surface area contributed by atoms with E-state index >= 15 is 0 Å². The third-order valence-electron chi connectivity index (χ3n) is 3.95. The van der Waals surface area contributed by atoms with Gasteiger partial charge in [-0.05, 0) is 35.7 Å². The number of nitrogens with zero attached hydrogens (tertiary/aromatic N) is 2. The van der Waals surface area contributed by atoms with Crippen molar-refractivity contribution in [2.75, 3.05) is 19.1 Å². The molecule has 0 bridgehead atoms. The summed E-state index contributed by atoms with van der Waals surface area (Å²) in [6.07, 6.45) is 1.80. The number of benzene rings is 2. The zero-order valence-corrected chi connectivity index (χ0v) is 16.8. The molecule has 1 N–H and O–H groups in total. The quantitative estimate of drug-likeness (QED) is 0.334. The highest BCUT2D eigenvalue weighted by Crippen LogP contribution is 2.25. The lowest BCUT2D eigenvalue weighted by Crippen LogP contribution is -2.07. The van der Waals surface area contributed by atoms with Gasteiger partial charge in [0.15, 0.2) is 11.6 Å². The van der Waals surface area contributed by atoms with Gasteiger partial charge in [-0.15, -0.1) is 11.3 Å². The second kappa shape index (κ2) is 9.79. The molecular weight excluding hydrogens is 393 g/mol. The lowest BCUT2D eigenvalue weighted by Gasteiger charge is -2.06. The Bertz CT molecular complexity index is 1000. The van der Waals surface area contributed by atoms with Gasteiger partial charge in [0.2, 0.25) is 5.13 Å². The predicted molar refractivity (Wildman–Crippen MR) is 112 cm³/mol. The molecule has 0 fully saturated rings. The van der Waals surface area contributed by atoms with Gasteiger partial charge in [-0.2, -0.15) is 5.10 Å². The Labute approximate surface area is 172 Å². The first kappa shape index (κ1) is 20.5. The van der Waals surface area contributed by atoms with E-state index in [1.54, 1.807) is 24.6 Å². The molecule has 3 aromatic rings. The standard InChI is InChI=1S/C21H20FN3O3S/c1-3-28-20(26)11-17-13-29-21(24-17)25-23-12-14-4-6-15(7-5-14)16-8-9-19(27-2)18(22)10-16/h4-10,12-13H,3,11H2,1-2H3,(H,24,25). The van der Waals surface area contributed by atoms with Gasteiger partial charge in [0.05, 0.1) is 32.0 Å². The predicted octanol–water partition coefficient (Wildman–Crippen LogP) is 4.51. The molecule has 0 amide bonds. The number of esters is 1. The molecule has 1 aromatic heterocycles. The molecule has 3 rings (SSSR count). The van der Waals surface area contributed by atoms with Crippen LogP contribution < -0.4 is 10.2 Å². The smallest absolute Gasteiger partial charge is 0.311 e. The van der Waals surface area contributed by atoms with Crippen LogP contribution in [0.2, 0.25) is 0 Å². The Hall–Kier alpha value is -3.26. The third-order valence-corrected chi connectivity index (χ3v) is 4.75. The van der Waals surface area contributed by atoms with E-state index in [1.807, 2.05) is 30.3 Å². The number of hydrazone groups is 1. The first-order valence-electron chi connectivity index (χ1n) is 8.92. The normalized spacial score (nSPS) is 10.9. The molecule has 0 spiro atoms. The van der Waals surface area contributed by atoms with Crippen molar-refractivity contribution in [1.29, 1.82) is 0 Å². The second-order valence-electron chi connectivity index (χ2n) is 5.97. The van der Waals surface area contributed by atoms with E-state index in [0.717, 1.165) is 16.7 Å². The van der Waals surface area contributed by atoms with Gasteiger partial charge in [0.1, 0.15) is 0 Å². The summed E-state index contributed by atoms with van der Waals surface area (Å²) in [5.41, 5.74) is 6.02. The summed E-state index contributed by atoms with van der Waals surface area (Å²) < 4.78 is 23.7. The van der Waals surface area contributed by atoms with E-state index in [2.05, 4.69) is 15.5 Å². The number of carbonyl (C=O) groups excluding carboxylic acids is 1. The largest absolute Gasteiger partial charge is 0.494 e. The van der Waals surface area contributed by atoms with E-state index in [1.165, 1.54) is 24.5 Å². The summed E-state index contributed by atoms with van der Waals surface area (Å²) in [6.45, 7) is 2.12. The highest BCUT2D eigenvalue weighted by molar-refractivity contribution is 7.13. The van der Waals surface area contributed by atoms with E-state index in [9.17, 15) is 9.18 Å². The number of methoxy groups -OCH3 is 1. The van der Waals surface area contributed by atoms with E-state index in [0.29, 0.717) is 17.4 Å². The summed E-state index contributed by atoms with van der Waals surface area (Å²) in [5, 5.41) is 6.54. The Morgan fingerprint density at radius 3 is 2.69 bits per heavy atom. The lowest BCUT2D eigenvalue weighted by atomic mass is 10.0. The summed E-state index contributed by atoms with van der Waals surface area (Å²) in [4.78, 5) is 15.8. The summed E-state index contributed by atoms with van der Waals surface area (Å²) in [7, 11) is 1.44. The monoisotopic (exact) mass is 413 g/mol. The fourth-order valence-electron chi connectivity index (χ4n) is 2.57. The number of anilines is 1. The molecule has 0 saturated heterocycles. The molecule has 0 aliphatic heterocycles. The van der Waals surface area contributed by atoms with Gasteiger partial charge in [-0.3, -0.25) is 10.2 Å². The summed E-state index contributed by atoms with van der Waals surface area (Å²) in [6, 6.07) is 12.4. The first-order chi connectivity index (χ1) is 14.1. The molecule has 0 radical (unpaired) electrons. The van der Waals surface area contributed by atoms with E-state index in [-0.39, 0.29) is 18.1 Å². The van der Waals surface area contributed by atoms with Crippen molar-refractivity contribution in [3.05, 3.63) is 64.9 Å². The zero-order valence-electron chi connectivity index (χ0n) is 16.0. The molecule has 8 heteroatoms. The Kier molecular flexibility index (Phi) is 6.91. The molecule has 0 atom stereocenters. The van der Waals surface area contributed by atoms with E-state index in [4.69, 9.17) is 9.47 Å². The van der Waals surface area contributed by atoms with Crippen LogP contribution >= 0.6 is 11.3 Å². The average molecular weight is 413 g/mol. The lowest BCUT2D eigenvalue weighted by molar-refractivity contribution is -0.142. The number of thiazole rings is 1. The van der Waals surface area contributed by atoms with Crippen LogP contribution in [0.1, 0.15) is 18.2 Å². The minimum Gasteiger partial charge on any atom is -0.494 e. The summed E-state index contributed by atoms with van der Waals surface area (Å²) >= 11 is 1.36. The number of rotatable bonds is 8. The van der Waals surface area contributed by atoms with Crippen molar-refractivity contribution in [2.45, 2.75) is 13.3 Å². The van der Waals surface area contributed by atoms with Crippen LogP contribution in [0, 0.1) is 5.82 Å². The molecule has 0 unspecified atom stereocenters. The topological polar surface area (TPSA) is 72.8 Å². The molecule has 2 aromatic carbocycles. The minimum atomic E-state index is -0.398. The van der Waals surface area contributed by atoms with Crippen LogP contribution in [0.15, 0.2) is 52.9 Å². The second-order valence-corrected chi connectivity index (χ2v) is 6.83. The van der Waals surface area contributed by atoms with Crippen LogP contribution in [0.25, 0.3) is 11.1 Å². The van der Waals surface area contributed by atoms with Crippen LogP contribution in [0.5, 0.6) is 5.75 Å². The molecule has 0 aliphatic rings. The number of hydrogen-bond acceptors (Lipinski definition) is 7. The van der Waals surface area contributed by atoms with Crippen molar-refractivity contribution in [2.24, 2.45) is 5.10 Å². The van der Waals surface area contributed by atoms with Gasteiger partial charge < -0.3 is 9.47 Å². The number of nitrogens with one attached hydrogen (secondary N) is 1. The highest BCUT2D eigenvalue weighted by atomic mass is 32.1. The maximum absolute atomic E-state index is 13.9. The Balaban J connectivity index is 1.58. The molecular formula is C21H20FN3O3S. The number of hydrogen-bond donors (Lipinski definition) is 1. The fraction of sp³-hybridized carbons (Fsp3) is 0.190. The SMILES string of the molecule is CCOC(=O)Cc1csc(NN=Cc2ccc(-c3ccc(OC)c(F)c3)cc2)n1.